The van der Waals surface area contributed by atoms with Gasteiger partial charge in [0, 0.05) is 5.56 Å². The van der Waals surface area contributed by atoms with Crippen LogP contribution in [0.15, 0.2) is 18.2 Å². The standard InChI is InChI=1S/C12H13Cl2NO3/c1-3-18-12(17)7(2)15-11(16)8-4-5-9(13)10(14)6-8/h4-7H,3H2,1-2H3,(H,15,16)/t7-/m1/s1. The minimum absolute atomic E-state index is 0.270. The second kappa shape index (κ2) is 6.61. The Bertz CT molecular complexity index is 463. The van der Waals surface area contributed by atoms with Crippen molar-refractivity contribution in [3.8, 4) is 0 Å². The largest absolute Gasteiger partial charge is 0.464 e. The molecule has 0 spiro atoms. The molecule has 0 saturated carbocycles. The number of halogens is 2. The average Bonchev–Trinajstić information content (AvgIpc) is 2.32. The van der Waals surface area contributed by atoms with E-state index >= 15 is 0 Å². The van der Waals surface area contributed by atoms with Crippen molar-refractivity contribution in [2.75, 3.05) is 6.61 Å². The quantitative estimate of drug-likeness (QED) is 0.867. The Morgan fingerprint density at radius 3 is 2.56 bits per heavy atom. The third kappa shape index (κ3) is 3.89. The molecule has 1 aromatic rings. The second-order valence-corrected chi connectivity index (χ2v) is 4.39. The summed E-state index contributed by atoms with van der Waals surface area (Å²) in [6.45, 7) is 3.52. The zero-order valence-electron chi connectivity index (χ0n) is 10.00. The number of nitrogens with one attached hydrogen (secondary N) is 1. The molecule has 0 saturated heterocycles. The average molecular weight is 290 g/mol. The van der Waals surface area contributed by atoms with Crippen molar-refractivity contribution in [1.82, 2.24) is 5.32 Å². The molecular formula is C12H13Cl2NO3. The highest BCUT2D eigenvalue weighted by Crippen LogP contribution is 2.22. The van der Waals surface area contributed by atoms with Gasteiger partial charge < -0.3 is 10.1 Å². The maximum Gasteiger partial charge on any atom is 0.328 e. The predicted molar refractivity (Wildman–Crippen MR) is 70.0 cm³/mol. The Balaban J connectivity index is 2.70. The van der Waals surface area contributed by atoms with Crippen LogP contribution in [0.25, 0.3) is 0 Å². The Kier molecular flexibility index (Phi) is 5.44. The summed E-state index contributed by atoms with van der Waals surface area (Å²) in [5, 5.41) is 3.16. The normalized spacial score (nSPS) is 11.8. The van der Waals surface area contributed by atoms with Gasteiger partial charge in [-0.2, -0.15) is 0 Å². The van der Waals surface area contributed by atoms with Crippen LogP contribution in [0.2, 0.25) is 10.0 Å². The van der Waals surface area contributed by atoms with E-state index in [9.17, 15) is 9.59 Å². The van der Waals surface area contributed by atoms with Crippen LogP contribution in [0.4, 0.5) is 0 Å². The molecule has 0 fully saturated rings. The Morgan fingerprint density at radius 1 is 1.33 bits per heavy atom. The molecule has 0 radical (unpaired) electrons. The summed E-state index contributed by atoms with van der Waals surface area (Å²) in [7, 11) is 0. The molecule has 0 aliphatic heterocycles. The monoisotopic (exact) mass is 289 g/mol. The van der Waals surface area contributed by atoms with Crippen molar-refractivity contribution in [3.63, 3.8) is 0 Å². The van der Waals surface area contributed by atoms with Gasteiger partial charge in [-0.25, -0.2) is 4.79 Å². The van der Waals surface area contributed by atoms with Gasteiger partial charge >= 0.3 is 5.97 Å². The van der Waals surface area contributed by atoms with E-state index in [1.807, 2.05) is 0 Å². The third-order valence-corrected chi connectivity index (χ3v) is 2.91. The predicted octanol–water partition coefficient (Wildman–Crippen LogP) is 2.67. The smallest absolute Gasteiger partial charge is 0.328 e. The molecule has 0 heterocycles. The van der Waals surface area contributed by atoms with Crippen LogP contribution in [0.5, 0.6) is 0 Å². The molecule has 0 unspecified atom stereocenters. The van der Waals surface area contributed by atoms with Crippen LogP contribution in [-0.2, 0) is 9.53 Å². The first kappa shape index (κ1) is 14.8. The first-order valence-corrected chi connectivity index (χ1v) is 6.13. The van der Waals surface area contributed by atoms with Gasteiger partial charge in [-0.1, -0.05) is 23.2 Å². The van der Waals surface area contributed by atoms with Gasteiger partial charge in [0.2, 0.25) is 0 Å². The summed E-state index contributed by atoms with van der Waals surface area (Å²) in [5.74, 6) is -0.889. The van der Waals surface area contributed by atoms with Crippen molar-refractivity contribution in [3.05, 3.63) is 33.8 Å². The molecule has 1 N–H and O–H groups in total. The first-order valence-electron chi connectivity index (χ1n) is 5.38. The van der Waals surface area contributed by atoms with E-state index in [0.717, 1.165) is 0 Å². The van der Waals surface area contributed by atoms with E-state index in [1.165, 1.54) is 18.2 Å². The Hall–Kier alpha value is -1.26. The van der Waals surface area contributed by atoms with Crippen molar-refractivity contribution in [2.24, 2.45) is 0 Å². The van der Waals surface area contributed by atoms with Crippen molar-refractivity contribution < 1.29 is 14.3 Å². The molecule has 0 aromatic heterocycles. The van der Waals surface area contributed by atoms with Gasteiger partial charge in [-0.15, -0.1) is 0 Å². The van der Waals surface area contributed by atoms with Crippen LogP contribution >= 0.6 is 23.2 Å². The fourth-order valence-corrected chi connectivity index (χ4v) is 1.54. The molecule has 1 rings (SSSR count). The van der Waals surface area contributed by atoms with Gasteiger partial charge in [-0.05, 0) is 32.0 Å². The highest BCUT2D eigenvalue weighted by molar-refractivity contribution is 6.42. The number of esters is 1. The van der Waals surface area contributed by atoms with Crippen molar-refractivity contribution in [1.29, 1.82) is 0 Å². The minimum Gasteiger partial charge on any atom is -0.464 e. The first-order chi connectivity index (χ1) is 8.45. The van der Waals surface area contributed by atoms with Crippen molar-refractivity contribution >= 4 is 35.1 Å². The number of carbonyl (C=O) groups excluding carboxylic acids is 2. The number of rotatable bonds is 4. The zero-order chi connectivity index (χ0) is 13.7. The summed E-state index contributed by atoms with van der Waals surface area (Å²) in [6, 6.07) is 3.78. The Morgan fingerprint density at radius 2 is 2.00 bits per heavy atom. The van der Waals surface area contributed by atoms with E-state index < -0.39 is 17.9 Å². The van der Waals surface area contributed by atoms with Crippen LogP contribution < -0.4 is 5.32 Å². The van der Waals surface area contributed by atoms with E-state index in [1.54, 1.807) is 13.8 Å². The van der Waals surface area contributed by atoms with Gasteiger partial charge in [-0.3, -0.25) is 4.79 Å². The number of amides is 1. The number of benzene rings is 1. The number of hydrogen-bond donors (Lipinski definition) is 1. The van der Waals surface area contributed by atoms with E-state index in [4.69, 9.17) is 27.9 Å². The van der Waals surface area contributed by atoms with Gasteiger partial charge in [0.05, 0.1) is 16.7 Å². The van der Waals surface area contributed by atoms with Crippen LogP contribution in [0.3, 0.4) is 0 Å². The summed E-state index contributed by atoms with van der Waals surface area (Å²) < 4.78 is 4.78. The molecular weight excluding hydrogens is 277 g/mol. The molecule has 4 nitrogen and oxygen atoms in total. The zero-order valence-corrected chi connectivity index (χ0v) is 11.5. The summed E-state index contributed by atoms with van der Waals surface area (Å²) in [5.41, 5.74) is 0.334. The fourth-order valence-electron chi connectivity index (χ4n) is 1.24. The highest BCUT2D eigenvalue weighted by atomic mass is 35.5. The van der Waals surface area contributed by atoms with E-state index in [2.05, 4.69) is 5.32 Å². The number of hydrogen-bond acceptors (Lipinski definition) is 3. The lowest BCUT2D eigenvalue weighted by molar-refractivity contribution is -0.144. The number of ether oxygens (including phenoxy) is 1. The lowest BCUT2D eigenvalue weighted by Crippen LogP contribution is -2.39. The molecule has 98 valence electrons. The summed E-state index contributed by atoms with van der Waals surface area (Å²) in [4.78, 5) is 23.2. The van der Waals surface area contributed by atoms with E-state index in [-0.39, 0.29) is 11.6 Å². The molecule has 0 aliphatic carbocycles. The molecule has 0 aliphatic rings. The summed E-state index contributed by atoms with van der Waals surface area (Å²) >= 11 is 11.5. The van der Waals surface area contributed by atoms with Crippen LogP contribution in [0, 0.1) is 0 Å². The lowest BCUT2D eigenvalue weighted by atomic mass is 10.2. The third-order valence-electron chi connectivity index (χ3n) is 2.17. The topological polar surface area (TPSA) is 55.4 Å². The molecule has 18 heavy (non-hydrogen) atoms. The van der Waals surface area contributed by atoms with Crippen molar-refractivity contribution in [2.45, 2.75) is 19.9 Å². The Labute approximate surface area is 115 Å². The molecule has 0 bridgehead atoms. The van der Waals surface area contributed by atoms with Gasteiger partial charge in [0.25, 0.3) is 5.91 Å². The maximum atomic E-state index is 11.8. The van der Waals surface area contributed by atoms with Crippen LogP contribution in [-0.4, -0.2) is 24.5 Å². The van der Waals surface area contributed by atoms with Gasteiger partial charge in [0.1, 0.15) is 6.04 Å². The molecule has 1 amide bonds. The van der Waals surface area contributed by atoms with Gasteiger partial charge in [0.15, 0.2) is 0 Å². The second-order valence-electron chi connectivity index (χ2n) is 3.58. The molecule has 1 atom stereocenters. The summed E-state index contributed by atoms with van der Waals surface area (Å²) in [6.07, 6.45) is 0. The maximum absolute atomic E-state index is 11.8. The van der Waals surface area contributed by atoms with E-state index in [0.29, 0.717) is 10.6 Å². The van der Waals surface area contributed by atoms with Crippen LogP contribution in [0.1, 0.15) is 24.2 Å². The molecule has 1 aromatic carbocycles. The fraction of sp³-hybridized carbons (Fsp3) is 0.333. The minimum atomic E-state index is -0.716. The highest BCUT2D eigenvalue weighted by Gasteiger charge is 2.17. The SMILES string of the molecule is CCOC(=O)[C@@H](C)NC(=O)c1ccc(Cl)c(Cl)c1. The number of carbonyl (C=O) groups is 2. The molecule has 6 heteroatoms. The lowest BCUT2D eigenvalue weighted by Gasteiger charge is -2.12.